The van der Waals surface area contributed by atoms with E-state index in [1.807, 2.05) is 11.4 Å². The summed E-state index contributed by atoms with van der Waals surface area (Å²) in [7, 11) is 0. The van der Waals surface area contributed by atoms with Gasteiger partial charge in [0.05, 0.1) is 16.1 Å². The predicted molar refractivity (Wildman–Crippen MR) is 50.5 cm³/mol. The van der Waals surface area contributed by atoms with E-state index >= 15 is 0 Å². The van der Waals surface area contributed by atoms with Crippen molar-refractivity contribution < 1.29 is 14.3 Å². The topological polar surface area (TPSA) is 43.4 Å². The summed E-state index contributed by atoms with van der Waals surface area (Å²) in [5.74, 6) is -1.26. The Morgan fingerprint density at radius 3 is 2.77 bits per heavy atom. The van der Waals surface area contributed by atoms with Crippen molar-refractivity contribution in [2.24, 2.45) is 0 Å². The maximum atomic E-state index is 11.1. The Bertz CT molecular complexity index is 371. The van der Waals surface area contributed by atoms with Gasteiger partial charge in [-0.1, -0.05) is 0 Å². The normalized spacial score (nSPS) is 22.1. The van der Waals surface area contributed by atoms with E-state index in [0.29, 0.717) is 0 Å². The molecule has 1 aliphatic rings. The number of halogens is 1. The van der Waals surface area contributed by atoms with Crippen LogP contribution in [0.25, 0.3) is 0 Å². The quantitative estimate of drug-likeness (QED) is 0.574. The lowest BCUT2D eigenvalue weighted by atomic mass is 10.0. The first-order valence-corrected chi connectivity index (χ1v) is 5.32. The molecule has 0 bridgehead atoms. The van der Waals surface area contributed by atoms with E-state index in [1.54, 1.807) is 0 Å². The molecule has 1 saturated heterocycles. The van der Waals surface area contributed by atoms with Gasteiger partial charge >= 0.3 is 11.9 Å². The van der Waals surface area contributed by atoms with Gasteiger partial charge in [-0.3, -0.25) is 9.59 Å². The van der Waals surface area contributed by atoms with Crippen molar-refractivity contribution >= 4 is 39.2 Å². The second-order valence-corrected chi connectivity index (χ2v) is 5.02. The third kappa shape index (κ3) is 1.66. The summed E-state index contributed by atoms with van der Waals surface area (Å²) >= 11 is 4.79. The Labute approximate surface area is 86.8 Å². The van der Waals surface area contributed by atoms with Crippen LogP contribution in [0.3, 0.4) is 0 Å². The van der Waals surface area contributed by atoms with Crippen molar-refractivity contribution in [1.29, 1.82) is 0 Å². The Balaban J connectivity index is 2.27. The Morgan fingerprint density at radius 2 is 2.31 bits per heavy atom. The van der Waals surface area contributed by atoms with Gasteiger partial charge in [0.1, 0.15) is 0 Å². The maximum absolute atomic E-state index is 11.1. The van der Waals surface area contributed by atoms with Crippen LogP contribution in [-0.2, 0) is 14.3 Å². The van der Waals surface area contributed by atoms with E-state index in [2.05, 4.69) is 20.7 Å². The van der Waals surface area contributed by atoms with Crippen molar-refractivity contribution in [3.05, 3.63) is 20.8 Å². The number of carbonyl (C=O) groups is 2. The van der Waals surface area contributed by atoms with E-state index in [9.17, 15) is 9.59 Å². The van der Waals surface area contributed by atoms with Crippen LogP contribution in [0.2, 0.25) is 0 Å². The number of hydrogen-bond donors (Lipinski definition) is 0. The standard InChI is InChI=1S/C8H5BrO3S/c9-6-1-4(3-13-6)5-2-7(10)12-8(5)11/h1,3,5H,2H2. The first kappa shape index (κ1) is 8.90. The number of cyclic esters (lactones) is 2. The number of carbonyl (C=O) groups excluding carboxylic acids is 2. The highest BCUT2D eigenvalue weighted by Crippen LogP contribution is 2.32. The Hall–Kier alpha value is -0.680. The molecule has 3 nitrogen and oxygen atoms in total. The van der Waals surface area contributed by atoms with Crippen LogP contribution in [0, 0.1) is 0 Å². The van der Waals surface area contributed by atoms with Gasteiger partial charge in [0, 0.05) is 0 Å². The minimum atomic E-state index is -0.435. The molecule has 0 aliphatic carbocycles. The largest absolute Gasteiger partial charge is 0.393 e. The lowest BCUT2D eigenvalue weighted by Gasteiger charge is -1.98. The molecule has 5 heteroatoms. The number of thiophene rings is 1. The first-order chi connectivity index (χ1) is 6.16. The molecular formula is C8H5BrO3S. The molecule has 0 radical (unpaired) electrons. The van der Waals surface area contributed by atoms with Crippen molar-refractivity contribution in [3.63, 3.8) is 0 Å². The minimum absolute atomic E-state index is 0.169. The highest BCUT2D eigenvalue weighted by Gasteiger charge is 2.34. The zero-order chi connectivity index (χ0) is 9.42. The SMILES string of the molecule is O=C1CC(c2csc(Br)c2)C(=O)O1. The average Bonchev–Trinajstić information content (AvgIpc) is 2.58. The fourth-order valence-corrected chi connectivity index (χ4v) is 2.46. The summed E-state index contributed by atoms with van der Waals surface area (Å²) in [6.07, 6.45) is 0.169. The zero-order valence-corrected chi connectivity index (χ0v) is 8.85. The summed E-state index contributed by atoms with van der Waals surface area (Å²) in [4.78, 5) is 21.9. The monoisotopic (exact) mass is 260 g/mol. The molecule has 68 valence electrons. The van der Waals surface area contributed by atoms with Crippen LogP contribution in [0.4, 0.5) is 0 Å². The van der Waals surface area contributed by atoms with E-state index in [0.717, 1.165) is 9.35 Å². The van der Waals surface area contributed by atoms with E-state index in [4.69, 9.17) is 0 Å². The molecule has 2 heterocycles. The van der Waals surface area contributed by atoms with Crippen molar-refractivity contribution in [2.75, 3.05) is 0 Å². The molecule has 1 aromatic heterocycles. The average molecular weight is 261 g/mol. The maximum Gasteiger partial charge on any atom is 0.321 e. The van der Waals surface area contributed by atoms with Gasteiger partial charge in [-0.2, -0.15) is 0 Å². The molecule has 0 saturated carbocycles. The van der Waals surface area contributed by atoms with Gasteiger partial charge in [-0.05, 0) is 32.9 Å². The van der Waals surface area contributed by atoms with Crippen LogP contribution in [0.5, 0.6) is 0 Å². The van der Waals surface area contributed by atoms with E-state index in [-0.39, 0.29) is 6.42 Å². The molecule has 13 heavy (non-hydrogen) atoms. The molecular weight excluding hydrogens is 256 g/mol. The Kier molecular flexibility index (Phi) is 2.21. The fraction of sp³-hybridized carbons (Fsp3) is 0.250. The highest BCUT2D eigenvalue weighted by molar-refractivity contribution is 9.11. The molecule has 1 aromatic rings. The van der Waals surface area contributed by atoms with Gasteiger partial charge in [0.25, 0.3) is 0 Å². The van der Waals surface area contributed by atoms with Gasteiger partial charge in [0.15, 0.2) is 0 Å². The highest BCUT2D eigenvalue weighted by atomic mass is 79.9. The van der Waals surface area contributed by atoms with Crippen molar-refractivity contribution in [2.45, 2.75) is 12.3 Å². The van der Waals surface area contributed by atoms with Gasteiger partial charge in [-0.15, -0.1) is 11.3 Å². The number of esters is 2. The van der Waals surface area contributed by atoms with E-state index < -0.39 is 17.9 Å². The summed E-state index contributed by atoms with van der Waals surface area (Å²) in [5.41, 5.74) is 0.854. The second kappa shape index (κ2) is 3.23. The fourth-order valence-electron chi connectivity index (χ4n) is 1.24. The summed E-state index contributed by atoms with van der Waals surface area (Å²) in [5, 5.41) is 1.86. The third-order valence-corrected chi connectivity index (χ3v) is 3.38. The summed E-state index contributed by atoms with van der Waals surface area (Å²) < 4.78 is 5.40. The minimum Gasteiger partial charge on any atom is -0.393 e. The molecule has 1 atom stereocenters. The Morgan fingerprint density at radius 1 is 1.54 bits per heavy atom. The van der Waals surface area contributed by atoms with Crippen LogP contribution < -0.4 is 0 Å². The molecule has 1 fully saturated rings. The molecule has 0 aromatic carbocycles. The summed E-state index contributed by atoms with van der Waals surface area (Å²) in [6, 6.07) is 1.84. The molecule has 2 rings (SSSR count). The van der Waals surface area contributed by atoms with Crippen LogP contribution in [0.15, 0.2) is 15.2 Å². The molecule has 0 amide bonds. The third-order valence-electron chi connectivity index (χ3n) is 1.86. The predicted octanol–water partition coefficient (Wildman–Crippen LogP) is 2.07. The second-order valence-electron chi connectivity index (χ2n) is 2.73. The van der Waals surface area contributed by atoms with Crippen LogP contribution >= 0.6 is 27.3 Å². The van der Waals surface area contributed by atoms with Crippen molar-refractivity contribution in [1.82, 2.24) is 0 Å². The van der Waals surface area contributed by atoms with Crippen LogP contribution in [0.1, 0.15) is 17.9 Å². The molecule has 0 N–H and O–H groups in total. The zero-order valence-electron chi connectivity index (χ0n) is 6.45. The lowest BCUT2D eigenvalue weighted by molar-refractivity contribution is -0.152. The van der Waals surface area contributed by atoms with Gasteiger partial charge < -0.3 is 4.74 Å². The van der Waals surface area contributed by atoms with Gasteiger partial charge in [-0.25, -0.2) is 0 Å². The number of rotatable bonds is 1. The summed E-state index contributed by atoms with van der Waals surface area (Å²) in [6.45, 7) is 0. The molecule has 0 spiro atoms. The molecule has 1 unspecified atom stereocenters. The van der Waals surface area contributed by atoms with Gasteiger partial charge in [0.2, 0.25) is 0 Å². The lowest BCUT2D eigenvalue weighted by Crippen LogP contribution is -2.04. The van der Waals surface area contributed by atoms with Crippen molar-refractivity contribution in [3.8, 4) is 0 Å². The first-order valence-electron chi connectivity index (χ1n) is 3.65. The number of hydrogen-bond acceptors (Lipinski definition) is 4. The molecule has 1 aliphatic heterocycles. The number of ether oxygens (including phenoxy) is 1. The van der Waals surface area contributed by atoms with Crippen LogP contribution in [-0.4, -0.2) is 11.9 Å². The smallest absolute Gasteiger partial charge is 0.321 e. The van der Waals surface area contributed by atoms with E-state index in [1.165, 1.54) is 11.3 Å².